The predicted molar refractivity (Wildman–Crippen MR) is 77.1 cm³/mol. The number of anilines is 1. The summed E-state index contributed by atoms with van der Waals surface area (Å²) in [5.41, 5.74) is 2.82. The minimum absolute atomic E-state index is 0.0938. The highest BCUT2D eigenvalue weighted by Gasteiger charge is 2.21. The highest BCUT2D eigenvalue weighted by molar-refractivity contribution is 5.96. The summed E-state index contributed by atoms with van der Waals surface area (Å²) in [5.74, 6) is 0.548. The summed E-state index contributed by atoms with van der Waals surface area (Å²) in [7, 11) is 3.75. The Kier molecular flexibility index (Phi) is 4.76. The molecule has 1 rings (SSSR count). The molecule has 1 unspecified atom stereocenters. The summed E-state index contributed by atoms with van der Waals surface area (Å²) in [6, 6.07) is 6.07. The molecule has 0 saturated heterocycles. The predicted octanol–water partition coefficient (Wildman–Crippen LogP) is 3.15. The lowest BCUT2D eigenvalue weighted by Gasteiger charge is -2.28. The van der Waals surface area contributed by atoms with E-state index in [9.17, 15) is 4.79 Å². The third-order valence-corrected chi connectivity index (χ3v) is 3.64. The van der Waals surface area contributed by atoms with Crippen LogP contribution in [0.15, 0.2) is 18.2 Å². The van der Waals surface area contributed by atoms with E-state index in [0.29, 0.717) is 5.92 Å². The fourth-order valence-corrected chi connectivity index (χ4v) is 1.88. The van der Waals surface area contributed by atoms with Crippen LogP contribution in [-0.4, -0.2) is 30.9 Å². The maximum atomic E-state index is 12.4. The molecule has 0 radical (unpaired) electrons. The summed E-state index contributed by atoms with van der Waals surface area (Å²) < 4.78 is 0. The molecule has 0 fully saturated rings. The van der Waals surface area contributed by atoms with Crippen LogP contribution >= 0.6 is 0 Å². The van der Waals surface area contributed by atoms with Gasteiger partial charge < -0.3 is 10.2 Å². The number of carbonyl (C=O) groups excluding carboxylic acids is 1. The van der Waals surface area contributed by atoms with Crippen molar-refractivity contribution >= 4 is 11.6 Å². The van der Waals surface area contributed by atoms with E-state index in [2.05, 4.69) is 26.1 Å². The molecule has 1 amide bonds. The second-order valence-electron chi connectivity index (χ2n) is 5.18. The molecule has 0 bridgehead atoms. The maximum Gasteiger partial charge on any atom is 0.254 e. The molecular formula is C15H24N2O. The number of hydrogen-bond acceptors (Lipinski definition) is 2. The molecule has 1 aromatic carbocycles. The molecular weight excluding hydrogens is 224 g/mol. The number of rotatable bonds is 4. The van der Waals surface area contributed by atoms with Crippen molar-refractivity contribution < 1.29 is 4.79 Å². The summed E-state index contributed by atoms with van der Waals surface area (Å²) in [5, 5.41) is 3.08. The van der Waals surface area contributed by atoms with Crippen molar-refractivity contribution in [2.24, 2.45) is 5.92 Å². The van der Waals surface area contributed by atoms with Crippen LogP contribution in [0.3, 0.4) is 0 Å². The van der Waals surface area contributed by atoms with E-state index in [0.717, 1.165) is 16.8 Å². The minimum Gasteiger partial charge on any atom is -0.388 e. The molecule has 0 aliphatic heterocycles. The molecule has 1 aromatic rings. The molecule has 0 aliphatic rings. The van der Waals surface area contributed by atoms with Gasteiger partial charge in [-0.05, 0) is 43.5 Å². The van der Waals surface area contributed by atoms with Gasteiger partial charge in [0.1, 0.15) is 0 Å². The topological polar surface area (TPSA) is 32.3 Å². The van der Waals surface area contributed by atoms with Crippen molar-refractivity contribution in [1.82, 2.24) is 4.90 Å². The van der Waals surface area contributed by atoms with Gasteiger partial charge in [0.05, 0.1) is 0 Å². The average Bonchev–Trinajstić information content (AvgIpc) is 2.35. The maximum absolute atomic E-state index is 12.4. The van der Waals surface area contributed by atoms with Gasteiger partial charge in [-0.1, -0.05) is 13.8 Å². The SMILES string of the molecule is CNc1ccc(C(=O)N(C)C(C)C(C)C)c(C)c1. The van der Waals surface area contributed by atoms with Crippen LogP contribution in [0.25, 0.3) is 0 Å². The van der Waals surface area contributed by atoms with Crippen LogP contribution in [0.2, 0.25) is 0 Å². The monoisotopic (exact) mass is 248 g/mol. The van der Waals surface area contributed by atoms with E-state index >= 15 is 0 Å². The van der Waals surface area contributed by atoms with Crippen LogP contribution in [-0.2, 0) is 0 Å². The molecule has 0 aromatic heterocycles. The van der Waals surface area contributed by atoms with E-state index in [1.54, 1.807) is 0 Å². The molecule has 0 heterocycles. The molecule has 100 valence electrons. The molecule has 18 heavy (non-hydrogen) atoms. The third kappa shape index (κ3) is 3.03. The first-order chi connectivity index (χ1) is 8.38. The Morgan fingerprint density at radius 2 is 1.89 bits per heavy atom. The third-order valence-electron chi connectivity index (χ3n) is 3.64. The summed E-state index contributed by atoms with van der Waals surface area (Å²) in [6.45, 7) is 8.32. The molecule has 0 saturated carbocycles. The fraction of sp³-hybridized carbons (Fsp3) is 0.533. The first-order valence-electron chi connectivity index (χ1n) is 6.44. The van der Waals surface area contributed by atoms with Crippen LogP contribution in [0, 0.1) is 12.8 Å². The fourth-order valence-electron chi connectivity index (χ4n) is 1.88. The summed E-state index contributed by atoms with van der Waals surface area (Å²) in [4.78, 5) is 14.2. The van der Waals surface area contributed by atoms with Crippen molar-refractivity contribution in [3.8, 4) is 0 Å². The first-order valence-corrected chi connectivity index (χ1v) is 6.44. The highest BCUT2D eigenvalue weighted by atomic mass is 16.2. The van der Waals surface area contributed by atoms with Crippen molar-refractivity contribution in [2.45, 2.75) is 33.7 Å². The number of nitrogens with one attached hydrogen (secondary N) is 1. The molecule has 3 nitrogen and oxygen atoms in total. The van der Waals surface area contributed by atoms with E-state index in [4.69, 9.17) is 0 Å². The lowest BCUT2D eigenvalue weighted by molar-refractivity contribution is 0.0706. The molecule has 1 atom stereocenters. The average molecular weight is 248 g/mol. The normalized spacial score (nSPS) is 12.4. The van der Waals surface area contributed by atoms with Crippen LogP contribution in [0.1, 0.15) is 36.7 Å². The number of hydrogen-bond donors (Lipinski definition) is 1. The minimum atomic E-state index is 0.0938. The second kappa shape index (κ2) is 5.89. The van der Waals surface area contributed by atoms with Gasteiger partial charge in [0, 0.05) is 31.4 Å². The molecule has 0 spiro atoms. The van der Waals surface area contributed by atoms with Gasteiger partial charge >= 0.3 is 0 Å². The Bertz CT molecular complexity index is 427. The van der Waals surface area contributed by atoms with Crippen LogP contribution < -0.4 is 5.32 Å². The van der Waals surface area contributed by atoms with Crippen molar-refractivity contribution in [2.75, 3.05) is 19.4 Å². The van der Waals surface area contributed by atoms with E-state index < -0.39 is 0 Å². The Hall–Kier alpha value is -1.51. The number of benzene rings is 1. The van der Waals surface area contributed by atoms with Gasteiger partial charge in [-0.3, -0.25) is 4.79 Å². The first kappa shape index (κ1) is 14.6. The van der Waals surface area contributed by atoms with E-state index in [-0.39, 0.29) is 11.9 Å². The van der Waals surface area contributed by atoms with Gasteiger partial charge in [-0.2, -0.15) is 0 Å². The molecule has 0 aliphatic carbocycles. The number of carbonyl (C=O) groups is 1. The Morgan fingerprint density at radius 1 is 1.28 bits per heavy atom. The van der Waals surface area contributed by atoms with Gasteiger partial charge in [0.15, 0.2) is 0 Å². The van der Waals surface area contributed by atoms with Crippen molar-refractivity contribution in [3.63, 3.8) is 0 Å². The summed E-state index contributed by atoms with van der Waals surface area (Å²) in [6.07, 6.45) is 0. The van der Waals surface area contributed by atoms with Gasteiger partial charge in [0.2, 0.25) is 0 Å². The van der Waals surface area contributed by atoms with E-state index in [1.165, 1.54) is 0 Å². The van der Waals surface area contributed by atoms with Gasteiger partial charge in [-0.25, -0.2) is 0 Å². The molecule has 3 heteroatoms. The molecule has 1 N–H and O–H groups in total. The van der Waals surface area contributed by atoms with Crippen molar-refractivity contribution in [3.05, 3.63) is 29.3 Å². The number of amides is 1. The zero-order valence-electron chi connectivity index (χ0n) is 12.2. The number of nitrogens with zero attached hydrogens (tertiary/aromatic N) is 1. The lowest BCUT2D eigenvalue weighted by atomic mass is 10.0. The summed E-state index contributed by atoms with van der Waals surface area (Å²) >= 11 is 0. The Morgan fingerprint density at radius 3 is 2.33 bits per heavy atom. The smallest absolute Gasteiger partial charge is 0.254 e. The van der Waals surface area contributed by atoms with Crippen LogP contribution in [0.4, 0.5) is 5.69 Å². The Labute approximate surface area is 110 Å². The zero-order chi connectivity index (χ0) is 13.9. The second-order valence-corrected chi connectivity index (χ2v) is 5.18. The van der Waals surface area contributed by atoms with Gasteiger partial charge in [-0.15, -0.1) is 0 Å². The van der Waals surface area contributed by atoms with Gasteiger partial charge in [0.25, 0.3) is 5.91 Å². The lowest BCUT2D eigenvalue weighted by Crippen LogP contribution is -2.38. The van der Waals surface area contributed by atoms with E-state index in [1.807, 2.05) is 44.1 Å². The highest BCUT2D eigenvalue weighted by Crippen LogP contribution is 2.18. The Balaban J connectivity index is 2.97. The zero-order valence-corrected chi connectivity index (χ0v) is 12.2. The largest absolute Gasteiger partial charge is 0.388 e. The standard InChI is InChI=1S/C15H24N2O/c1-10(2)12(4)17(6)15(18)14-8-7-13(16-5)9-11(14)3/h7-10,12,16H,1-6H3. The van der Waals surface area contributed by atoms with Crippen molar-refractivity contribution in [1.29, 1.82) is 0 Å². The quantitative estimate of drug-likeness (QED) is 0.887. The number of aryl methyl sites for hydroxylation is 1. The van der Waals surface area contributed by atoms with Crippen LogP contribution in [0.5, 0.6) is 0 Å².